The molecule has 0 radical (unpaired) electrons. The second kappa shape index (κ2) is 11.9. The maximum Gasteiger partial charge on any atom is 0.303 e. The molecule has 0 aromatic heterocycles. The number of nitrogens with one attached hydrogen (secondary N) is 1. The third-order valence-corrected chi connectivity index (χ3v) is 9.54. The molecule has 222 valence electrons. The summed E-state index contributed by atoms with van der Waals surface area (Å²) in [6.45, 7) is 13.6. The van der Waals surface area contributed by atoms with Crippen molar-refractivity contribution in [2.45, 2.75) is 63.5 Å². The highest BCUT2D eigenvalue weighted by Crippen LogP contribution is 2.55. The molecule has 1 aliphatic carbocycles. The van der Waals surface area contributed by atoms with Crippen LogP contribution < -0.4 is 10.1 Å². The number of quaternary nitrogens is 1. The lowest BCUT2D eigenvalue weighted by Gasteiger charge is -2.61. The summed E-state index contributed by atoms with van der Waals surface area (Å²) in [4.78, 5) is 26.5. The molecule has 3 aromatic rings. The first-order valence-electron chi connectivity index (χ1n) is 15.2. The van der Waals surface area contributed by atoms with Gasteiger partial charge < -0.3 is 19.3 Å². The largest absolute Gasteiger partial charge is 0.497 e. The molecule has 1 amide bonds. The molecule has 5 rings (SSSR count). The molecule has 6 nitrogen and oxygen atoms in total. The smallest absolute Gasteiger partial charge is 0.303 e. The third-order valence-electron chi connectivity index (χ3n) is 9.54. The van der Waals surface area contributed by atoms with E-state index in [4.69, 9.17) is 9.47 Å². The average molecular weight is 570 g/mol. The van der Waals surface area contributed by atoms with Crippen LogP contribution in [0.1, 0.15) is 62.4 Å². The number of ether oxygens (including phenoxy) is 2. The van der Waals surface area contributed by atoms with Crippen LogP contribution in [0.5, 0.6) is 5.75 Å². The Hall–Kier alpha value is -3.64. The van der Waals surface area contributed by atoms with Crippen molar-refractivity contribution in [1.29, 1.82) is 0 Å². The topological polar surface area (TPSA) is 64.6 Å². The van der Waals surface area contributed by atoms with Crippen molar-refractivity contribution < 1.29 is 23.5 Å². The highest BCUT2D eigenvalue weighted by atomic mass is 16.6. The number of fused-ring (bicyclic) bond motifs is 2. The maximum absolute atomic E-state index is 13.6. The first-order chi connectivity index (χ1) is 20.1. The van der Waals surface area contributed by atoms with Crippen molar-refractivity contribution in [1.82, 2.24) is 5.32 Å². The number of nitrogens with zero attached hydrogens (tertiary/aromatic N) is 1. The van der Waals surface area contributed by atoms with Gasteiger partial charge in [-0.15, -0.1) is 0 Å². The summed E-state index contributed by atoms with van der Waals surface area (Å²) in [5.41, 5.74) is 0.565. The van der Waals surface area contributed by atoms with E-state index in [0.717, 1.165) is 65.6 Å². The Labute approximate surface area is 250 Å². The van der Waals surface area contributed by atoms with E-state index in [2.05, 4.69) is 43.9 Å². The van der Waals surface area contributed by atoms with Gasteiger partial charge >= 0.3 is 5.97 Å². The van der Waals surface area contributed by atoms with Gasteiger partial charge in [0.05, 0.1) is 26.7 Å². The molecule has 0 spiro atoms. The number of hydrogen-bond acceptors (Lipinski definition) is 4. The summed E-state index contributed by atoms with van der Waals surface area (Å²) < 4.78 is 13.0. The molecular weight excluding hydrogens is 524 g/mol. The quantitative estimate of drug-likeness (QED) is 0.183. The SMILES string of the molecule is C=CC[N@@+]1(CC(C)C)CC[C@]2(c3cccc(OC)c3)C[C@H](NC(=O)c3ccc4ccccc4c3)CCC2(OC(C)=O)C1. The molecule has 42 heavy (non-hydrogen) atoms. The Morgan fingerprint density at radius 1 is 1.07 bits per heavy atom. The van der Waals surface area contributed by atoms with Crippen molar-refractivity contribution in [3.8, 4) is 5.75 Å². The number of methoxy groups -OCH3 is 1. The van der Waals surface area contributed by atoms with Gasteiger partial charge in [-0.3, -0.25) is 9.59 Å². The van der Waals surface area contributed by atoms with Crippen LogP contribution in [-0.4, -0.2) is 61.3 Å². The van der Waals surface area contributed by atoms with E-state index >= 15 is 0 Å². The maximum atomic E-state index is 13.6. The predicted octanol–water partition coefficient (Wildman–Crippen LogP) is 6.43. The zero-order valence-electron chi connectivity index (χ0n) is 25.5. The zero-order chi connectivity index (χ0) is 30.0. The number of likely N-dealkylation sites (tertiary alicyclic amines) is 1. The third kappa shape index (κ3) is 5.69. The van der Waals surface area contributed by atoms with Gasteiger partial charge in [-0.05, 0) is 65.9 Å². The first-order valence-corrected chi connectivity index (χ1v) is 15.2. The number of hydrogen-bond donors (Lipinski definition) is 1. The predicted molar refractivity (Wildman–Crippen MR) is 168 cm³/mol. The normalized spacial score (nSPS) is 27.2. The molecule has 4 atom stereocenters. The van der Waals surface area contributed by atoms with E-state index in [9.17, 15) is 9.59 Å². The molecule has 1 unspecified atom stereocenters. The van der Waals surface area contributed by atoms with Crippen molar-refractivity contribution in [2.24, 2.45) is 5.92 Å². The highest BCUT2D eigenvalue weighted by molar-refractivity contribution is 5.98. The molecule has 1 saturated heterocycles. The average Bonchev–Trinajstić information content (AvgIpc) is 2.96. The standard InChI is InChI=1S/C36H44N2O4/c1-6-19-38(24-26(2)3)20-18-35(31-12-9-13-33(22-31)41-5)23-32(16-17-36(35,25-38)42-27(4)39)37-34(40)30-15-14-28-10-7-8-11-29(28)21-30/h6-15,21-22,26,32H,1,16-20,23-25H2,2-5H3/p+1/t32-,35-,36?,38+/m1/s1. The van der Waals surface area contributed by atoms with Gasteiger partial charge in [-0.2, -0.15) is 0 Å². The Morgan fingerprint density at radius 2 is 1.86 bits per heavy atom. The molecule has 1 N–H and O–H groups in total. The molecule has 1 saturated carbocycles. The van der Waals surface area contributed by atoms with Crippen molar-refractivity contribution in [2.75, 3.05) is 33.3 Å². The van der Waals surface area contributed by atoms with Crippen molar-refractivity contribution in [3.63, 3.8) is 0 Å². The Kier molecular flexibility index (Phi) is 8.47. The van der Waals surface area contributed by atoms with E-state index < -0.39 is 11.0 Å². The molecule has 2 fully saturated rings. The molecule has 1 aliphatic heterocycles. The number of amides is 1. The summed E-state index contributed by atoms with van der Waals surface area (Å²) in [7, 11) is 1.68. The number of esters is 1. The minimum Gasteiger partial charge on any atom is -0.497 e. The van der Waals surface area contributed by atoms with Gasteiger partial charge in [0.2, 0.25) is 0 Å². The second-order valence-corrected chi connectivity index (χ2v) is 12.9. The van der Waals surface area contributed by atoms with Crippen LogP contribution in [-0.2, 0) is 14.9 Å². The van der Waals surface area contributed by atoms with E-state index in [0.29, 0.717) is 24.3 Å². The molecular formula is C36H45N2O4+. The number of carbonyl (C=O) groups excluding carboxylic acids is 2. The van der Waals surface area contributed by atoms with Gasteiger partial charge in [-0.25, -0.2) is 0 Å². The Balaban J connectivity index is 1.54. The van der Waals surface area contributed by atoms with Crippen LogP contribution in [0, 0.1) is 5.92 Å². The fraction of sp³-hybridized carbons (Fsp3) is 0.444. The molecule has 6 heteroatoms. The summed E-state index contributed by atoms with van der Waals surface area (Å²) in [6, 6.07) is 22.1. The number of rotatable bonds is 9. The number of piperidine rings is 1. The molecule has 1 heterocycles. The lowest BCUT2D eigenvalue weighted by molar-refractivity contribution is -0.938. The molecule has 2 aliphatic rings. The van der Waals surface area contributed by atoms with Gasteiger partial charge in [0.25, 0.3) is 5.91 Å². The Morgan fingerprint density at radius 3 is 2.57 bits per heavy atom. The van der Waals surface area contributed by atoms with Gasteiger partial charge in [0.1, 0.15) is 12.3 Å². The summed E-state index contributed by atoms with van der Waals surface area (Å²) in [5.74, 6) is 0.935. The van der Waals surface area contributed by atoms with E-state index in [1.165, 1.54) is 6.92 Å². The van der Waals surface area contributed by atoms with Crippen LogP contribution in [0.4, 0.5) is 0 Å². The second-order valence-electron chi connectivity index (χ2n) is 12.9. The van der Waals surface area contributed by atoms with Gasteiger partial charge in [0.15, 0.2) is 5.60 Å². The fourth-order valence-electron chi connectivity index (χ4n) is 8.02. The Bertz CT molecular complexity index is 1470. The van der Waals surface area contributed by atoms with E-state index in [1.807, 2.05) is 54.6 Å². The van der Waals surface area contributed by atoms with E-state index in [-0.39, 0.29) is 17.9 Å². The van der Waals surface area contributed by atoms with Gasteiger partial charge in [0, 0.05) is 36.3 Å². The van der Waals surface area contributed by atoms with Crippen LogP contribution >= 0.6 is 0 Å². The number of benzene rings is 3. The summed E-state index contributed by atoms with van der Waals surface area (Å²) in [5, 5.41) is 5.53. The van der Waals surface area contributed by atoms with Crippen LogP contribution in [0.15, 0.2) is 79.4 Å². The lowest BCUT2D eigenvalue weighted by Crippen LogP contribution is -2.74. The zero-order valence-corrected chi connectivity index (χ0v) is 25.5. The lowest BCUT2D eigenvalue weighted by atomic mass is 9.54. The minimum atomic E-state index is -0.717. The van der Waals surface area contributed by atoms with Crippen molar-refractivity contribution in [3.05, 3.63) is 90.5 Å². The van der Waals surface area contributed by atoms with Crippen LogP contribution in [0.2, 0.25) is 0 Å². The van der Waals surface area contributed by atoms with Crippen LogP contribution in [0.3, 0.4) is 0 Å². The molecule has 3 aromatic carbocycles. The fourth-order valence-corrected chi connectivity index (χ4v) is 8.02. The molecule has 0 bridgehead atoms. The van der Waals surface area contributed by atoms with Crippen molar-refractivity contribution >= 4 is 22.6 Å². The van der Waals surface area contributed by atoms with Gasteiger partial charge in [-0.1, -0.05) is 62.9 Å². The first kappa shape index (κ1) is 29.8. The van der Waals surface area contributed by atoms with Crippen LogP contribution in [0.25, 0.3) is 10.8 Å². The van der Waals surface area contributed by atoms with E-state index in [1.54, 1.807) is 7.11 Å². The minimum absolute atomic E-state index is 0.0663. The summed E-state index contributed by atoms with van der Waals surface area (Å²) in [6.07, 6.45) is 4.92. The monoisotopic (exact) mass is 569 g/mol. The number of carbonyl (C=O) groups is 2. The summed E-state index contributed by atoms with van der Waals surface area (Å²) >= 11 is 0. The highest BCUT2D eigenvalue weighted by Gasteiger charge is 2.65.